The van der Waals surface area contributed by atoms with Crippen molar-refractivity contribution in [1.29, 1.82) is 0 Å². The first-order valence-corrected chi connectivity index (χ1v) is 3.72. The van der Waals surface area contributed by atoms with Gasteiger partial charge in [-0.2, -0.15) is 0 Å². The average molecular weight is 186 g/mol. The average Bonchev–Trinajstić information content (AvgIpc) is 2.34. The molecule has 0 spiro atoms. The molecule has 1 fully saturated rings. The second-order valence-electron chi connectivity index (χ2n) is 2.35. The van der Waals surface area contributed by atoms with Gasteiger partial charge in [-0.3, -0.25) is 0 Å². The summed E-state index contributed by atoms with van der Waals surface area (Å²) in [4.78, 5) is 0. The van der Waals surface area contributed by atoms with Crippen molar-refractivity contribution < 1.29 is 4.74 Å². The molecule has 0 aromatic rings. The summed E-state index contributed by atoms with van der Waals surface area (Å²) < 4.78 is 5.12. The monoisotopic (exact) mass is 185 g/mol. The molecule has 1 rings (SSSR count). The molecule has 0 amide bonds. The lowest BCUT2D eigenvalue weighted by Crippen LogP contribution is -2.22. The predicted octanol–water partition coefficient (Wildman–Crippen LogP) is 1.02. The molecule has 0 aliphatic carbocycles. The van der Waals surface area contributed by atoms with Crippen LogP contribution in [0.2, 0.25) is 0 Å². The fraction of sp³-hybridized carbons (Fsp3) is 1.00. The molecule has 0 saturated carbocycles. The fourth-order valence-electron chi connectivity index (χ4n) is 1.08. The lowest BCUT2D eigenvalue weighted by atomic mass is 10.2. The topological polar surface area (TPSA) is 21.3 Å². The minimum Gasteiger partial charge on any atom is -0.380 e. The summed E-state index contributed by atoms with van der Waals surface area (Å²) in [6.45, 7) is 0.952. The number of hydrogen-bond acceptors (Lipinski definition) is 2. The number of rotatable bonds is 2. The Bertz CT molecular complexity index is 81.8. The molecular weight excluding hydrogens is 173 g/mol. The first-order valence-electron chi connectivity index (χ1n) is 3.19. The zero-order chi connectivity index (χ0) is 6.69. The second kappa shape index (κ2) is 5.19. The van der Waals surface area contributed by atoms with E-state index < -0.39 is 0 Å². The highest BCUT2D eigenvalue weighted by Crippen LogP contribution is 2.09. The van der Waals surface area contributed by atoms with Gasteiger partial charge in [0.25, 0.3) is 0 Å². The lowest BCUT2D eigenvalue weighted by molar-refractivity contribution is 0.118. The van der Waals surface area contributed by atoms with E-state index in [1.807, 2.05) is 0 Å². The van der Waals surface area contributed by atoms with E-state index >= 15 is 0 Å². The number of nitrogens with one attached hydrogen (secondary N) is 1. The molecule has 0 aromatic carbocycles. The molecule has 62 valence electrons. The smallest absolute Gasteiger partial charge is 0.0711 e. The molecule has 1 aliphatic heterocycles. The SMILES string of the molecule is CO[C@H]1CN[C@H](CCl)C1.Cl. The maximum Gasteiger partial charge on any atom is 0.0711 e. The number of methoxy groups -OCH3 is 1. The Kier molecular flexibility index (Phi) is 5.45. The molecule has 0 unspecified atom stereocenters. The third-order valence-electron chi connectivity index (χ3n) is 1.70. The van der Waals surface area contributed by atoms with Crippen LogP contribution >= 0.6 is 24.0 Å². The van der Waals surface area contributed by atoms with E-state index in [9.17, 15) is 0 Å². The Balaban J connectivity index is 0.000000810. The van der Waals surface area contributed by atoms with Gasteiger partial charge in [-0.15, -0.1) is 24.0 Å². The zero-order valence-corrected chi connectivity index (χ0v) is 7.54. The predicted molar refractivity (Wildman–Crippen MR) is 45.2 cm³/mol. The third-order valence-corrected chi connectivity index (χ3v) is 2.07. The van der Waals surface area contributed by atoms with Gasteiger partial charge in [-0.1, -0.05) is 0 Å². The van der Waals surface area contributed by atoms with E-state index in [-0.39, 0.29) is 12.4 Å². The molecule has 4 heteroatoms. The number of halogens is 2. The van der Waals surface area contributed by atoms with Gasteiger partial charge >= 0.3 is 0 Å². The van der Waals surface area contributed by atoms with Crippen LogP contribution in [0.15, 0.2) is 0 Å². The van der Waals surface area contributed by atoms with Crippen LogP contribution in [0, 0.1) is 0 Å². The van der Waals surface area contributed by atoms with Crippen molar-refractivity contribution in [3.8, 4) is 0 Å². The van der Waals surface area contributed by atoms with Crippen molar-refractivity contribution in [2.24, 2.45) is 0 Å². The van der Waals surface area contributed by atoms with Gasteiger partial charge in [0, 0.05) is 25.6 Å². The van der Waals surface area contributed by atoms with Crippen LogP contribution in [0.25, 0.3) is 0 Å². The van der Waals surface area contributed by atoms with Gasteiger partial charge in [0.2, 0.25) is 0 Å². The normalized spacial score (nSPS) is 31.8. The van der Waals surface area contributed by atoms with Gasteiger partial charge in [-0.05, 0) is 6.42 Å². The maximum absolute atomic E-state index is 5.61. The van der Waals surface area contributed by atoms with E-state index in [0.717, 1.165) is 13.0 Å². The standard InChI is InChI=1S/C6H12ClNO.ClH/c1-9-6-2-5(3-7)8-4-6;/h5-6,8H,2-4H2,1H3;1H/t5-,6+;/m0./s1. The van der Waals surface area contributed by atoms with Crippen molar-refractivity contribution in [2.45, 2.75) is 18.6 Å². The number of hydrogen-bond donors (Lipinski definition) is 1. The fourth-order valence-corrected chi connectivity index (χ4v) is 1.31. The van der Waals surface area contributed by atoms with Crippen LogP contribution in [0.5, 0.6) is 0 Å². The Hall–Kier alpha value is 0.500. The van der Waals surface area contributed by atoms with Crippen LogP contribution in [0.4, 0.5) is 0 Å². The second-order valence-corrected chi connectivity index (χ2v) is 2.66. The molecule has 1 saturated heterocycles. The first-order chi connectivity index (χ1) is 4.36. The minimum absolute atomic E-state index is 0. The quantitative estimate of drug-likeness (QED) is 0.650. The van der Waals surface area contributed by atoms with E-state index in [4.69, 9.17) is 16.3 Å². The van der Waals surface area contributed by atoms with Gasteiger partial charge in [0.1, 0.15) is 0 Å². The van der Waals surface area contributed by atoms with Gasteiger partial charge in [0.15, 0.2) is 0 Å². The summed E-state index contributed by atoms with van der Waals surface area (Å²) in [5.41, 5.74) is 0. The highest BCUT2D eigenvalue weighted by molar-refractivity contribution is 6.18. The Morgan fingerprint density at radius 3 is 2.70 bits per heavy atom. The molecule has 0 bridgehead atoms. The maximum atomic E-state index is 5.61. The van der Waals surface area contributed by atoms with Gasteiger partial charge < -0.3 is 10.1 Å². The molecule has 0 radical (unpaired) electrons. The highest BCUT2D eigenvalue weighted by atomic mass is 35.5. The number of alkyl halides is 1. The van der Waals surface area contributed by atoms with E-state index in [1.54, 1.807) is 7.11 Å². The summed E-state index contributed by atoms with van der Waals surface area (Å²) in [6.07, 6.45) is 1.44. The largest absolute Gasteiger partial charge is 0.380 e. The van der Waals surface area contributed by atoms with Crippen LogP contribution in [-0.4, -0.2) is 31.7 Å². The Morgan fingerprint density at radius 1 is 1.70 bits per heavy atom. The molecule has 1 N–H and O–H groups in total. The van der Waals surface area contributed by atoms with Crippen LogP contribution in [0.1, 0.15) is 6.42 Å². The van der Waals surface area contributed by atoms with Crippen molar-refractivity contribution in [1.82, 2.24) is 5.32 Å². The molecule has 0 aromatic heterocycles. The Morgan fingerprint density at radius 2 is 2.40 bits per heavy atom. The minimum atomic E-state index is 0. The molecule has 2 nitrogen and oxygen atoms in total. The van der Waals surface area contributed by atoms with Crippen molar-refractivity contribution >= 4 is 24.0 Å². The highest BCUT2D eigenvalue weighted by Gasteiger charge is 2.22. The third kappa shape index (κ3) is 2.62. The van der Waals surface area contributed by atoms with Crippen LogP contribution < -0.4 is 5.32 Å². The molecular formula is C6H13Cl2NO. The summed E-state index contributed by atoms with van der Waals surface area (Å²) in [5, 5.41) is 3.25. The molecule has 10 heavy (non-hydrogen) atoms. The first kappa shape index (κ1) is 10.5. The molecule has 2 atom stereocenters. The van der Waals surface area contributed by atoms with Crippen LogP contribution in [-0.2, 0) is 4.74 Å². The van der Waals surface area contributed by atoms with Gasteiger partial charge in [0.05, 0.1) is 6.10 Å². The summed E-state index contributed by atoms with van der Waals surface area (Å²) in [6, 6.07) is 0.469. The van der Waals surface area contributed by atoms with Gasteiger partial charge in [-0.25, -0.2) is 0 Å². The molecule has 1 heterocycles. The Labute approximate surface area is 72.7 Å². The van der Waals surface area contributed by atoms with Crippen molar-refractivity contribution in [3.63, 3.8) is 0 Å². The number of ether oxygens (including phenoxy) is 1. The molecule has 1 aliphatic rings. The van der Waals surface area contributed by atoms with E-state index in [1.165, 1.54) is 0 Å². The zero-order valence-electron chi connectivity index (χ0n) is 5.97. The summed E-state index contributed by atoms with van der Waals surface area (Å²) in [7, 11) is 1.74. The lowest BCUT2D eigenvalue weighted by Gasteiger charge is -2.04. The van der Waals surface area contributed by atoms with Crippen LogP contribution in [0.3, 0.4) is 0 Å². The van der Waals surface area contributed by atoms with Crippen molar-refractivity contribution in [3.05, 3.63) is 0 Å². The van der Waals surface area contributed by atoms with E-state index in [2.05, 4.69) is 5.32 Å². The summed E-state index contributed by atoms with van der Waals surface area (Å²) in [5.74, 6) is 0.694. The van der Waals surface area contributed by atoms with E-state index in [0.29, 0.717) is 18.0 Å². The van der Waals surface area contributed by atoms with Crippen molar-refractivity contribution in [2.75, 3.05) is 19.5 Å². The summed E-state index contributed by atoms with van der Waals surface area (Å²) >= 11 is 5.61.